The molecule has 0 bridgehead atoms. The van der Waals surface area contributed by atoms with Gasteiger partial charge in [-0.25, -0.2) is 4.70 Å². The zero-order valence-corrected chi connectivity index (χ0v) is 36.4. The van der Waals surface area contributed by atoms with Crippen molar-refractivity contribution in [2.45, 2.75) is 206 Å². The quantitative estimate of drug-likeness (QED) is 0.0448. The molecule has 0 atom stereocenters. The monoisotopic (exact) mass is 767 g/mol. The maximum atomic E-state index is 12.0. The first-order valence-electron chi connectivity index (χ1n) is 22.1. The fourth-order valence-corrected chi connectivity index (χ4v) is 7.42. The number of aryl methyl sites for hydroxylation is 2. The molecule has 300 valence electrons. The first kappa shape index (κ1) is 46.9. The number of unbranched alkanes of at least 4 members (excludes halogenated alkanes) is 19. The first-order chi connectivity index (χ1) is 26.1. The van der Waals surface area contributed by atoms with Gasteiger partial charge in [0.05, 0.1) is 5.57 Å². The van der Waals surface area contributed by atoms with Gasteiger partial charge < -0.3 is 5.53 Å². The van der Waals surface area contributed by atoms with E-state index in [9.17, 15) is 5.53 Å². The summed E-state index contributed by atoms with van der Waals surface area (Å²) in [4.78, 5) is 0. The van der Waals surface area contributed by atoms with Crippen LogP contribution in [-0.2, 0) is 27.3 Å². The molecule has 3 rings (SSSR count). The van der Waals surface area contributed by atoms with E-state index in [0.717, 1.165) is 61.0 Å². The van der Waals surface area contributed by atoms with Crippen molar-refractivity contribution in [3.05, 3.63) is 99.6 Å². The summed E-state index contributed by atoms with van der Waals surface area (Å²) in [5.41, 5.74) is 21.3. The summed E-state index contributed by atoms with van der Waals surface area (Å²) >= 11 is 1.62. The van der Waals surface area contributed by atoms with Crippen LogP contribution in [0.5, 0.6) is 0 Å². The van der Waals surface area contributed by atoms with Crippen molar-refractivity contribution in [1.82, 2.24) is 0 Å². The van der Waals surface area contributed by atoms with Gasteiger partial charge in [0.15, 0.2) is 0 Å². The van der Waals surface area contributed by atoms with Crippen LogP contribution in [0.1, 0.15) is 204 Å². The Balaban J connectivity index is 0.00000313. The third-order valence-corrected chi connectivity index (χ3v) is 10.7. The minimum atomic E-state index is 0.937. The van der Waals surface area contributed by atoms with Gasteiger partial charge in [-0.15, -0.1) is 0 Å². The molecule has 2 aromatic carbocycles. The molecular weight excluding hydrogens is 687 g/mol. The maximum absolute atomic E-state index is 12.0. The first-order valence-corrected chi connectivity index (χ1v) is 24.1. The Bertz CT molecular complexity index is 1310. The summed E-state index contributed by atoms with van der Waals surface area (Å²) in [6, 6.07) is 17.9. The molecular formula is C50H80N2Ni. The number of allylic oxidation sites excluding steroid dienone is 4. The number of hydrogen-bond donors (Lipinski definition) is 0. The van der Waals surface area contributed by atoms with Gasteiger partial charge in [0.25, 0.3) is 0 Å². The van der Waals surface area contributed by atoms with Gasteiger partial charge in [-0.2, -0.15) is 0 Å². The second kappa shape index (κ2) is 31.0. The van der Waals surface area contributed by atoms with Gasteiger partial charge in [-0.05, 0) is 86.8 Å². The standard InChI is InChI=1S/C48H74N2.2CH3.Ni/c1-5-9-13-14-15-16-17-18-19-20-21-22-23-24-25-26-27-28-32-46-45(31-12-8-4)47(43-37-33-41(34-38-43)29-10-6-2)50(49)48(46)44-39-35-42(36-40-44)30-11-7-3;;;/h28,32-40H,5-27,29-31H2,1-4H3;2*1H3;. The van der Waals surface area contributed by atoms with E-state index in [1.807, 2.05) is 0 Å². The van der Waals surface area contributed by atoms with Gasteiger partial charge in [0.1, 0.15) is 0 Å². The Morgan fingerprint density at radius 2 is 0.830 bits per heavy atom. The minimum absolute atomic E-state index is 0.937. The van der Waals surface area contributed by atoms with Crippen LogP contribution < -0.4 is 0 Å². The Morgan fingerprint density at radius 1 is 0.472 bits per heavy atom. The third kappa shape index (κ3) is 18.8. The van der Waals surface area contributed by atoms with Crippen LogP contribution in [0, 0.1) is 0 Å². The van der Waals surface area contributed by atoms with Gasteiger partial charge in [0, 0.05) is 16.7 Å². The number of rotatable bonds is 29. The van der Waals surface area contributed by atoms with E-state index in [1.165, 1.54) is 155 Å². The molecule has 0 N–H and O–H groups in total. The molecule has 0 spiro atoms. The molecule has 2 nitrogen and oxygen atoms in total. The molecule has 0 saturated carbocycles. The summed E-state index contributed by atoms with van der Waals surface area (Å²) in [5, 5.41) is 0. The summed E-state index contributed by atoms with van der Waals surface area (Å²) < 4.78 is 1.52. The summed E-state index contributed by atoms with van der Waals surface area (Å²) in [5.74, 6) is 4.12. The fourth-order valence-electron chi connectivity index (χ4n) is 7.42. The predicted molar refractivity (Wildman–Crippen MR) is 232 cm³/mol. The van der Waals surface area contributed by atoms with E-state index >= 15 is 0 Å². The molecule has 1 aliphatic rings. The molecule has 0 radical (unpaired) electrons. The van der Waals surface area contributed by atoms with Gasteiger partial charge in [-0.3, -0.25) is 0 Å². The Kier molecular flexibility index (Phi) is 27.4. The van der Waals surface area contributed by atoms with Crippen molar-refractivity contribution in [3.63, 3.8) is 0 Å². The van der Waals surface area contributed by atoms with Crippen LogP contribution in [-0.4, -0.2) is 4.70 Å². The fraction of sp³-hybridized carbons (Fsp3) is 0.640. The topological polar surface area (TPSA) is 25.3 Å². The van der Waals surface area contributed by atoms with Crippen LogP contribution in [0.2, 0.25) is 11.8 Å². The molecule has 2 aromatic rings. The van der Waals surface area contributed by atoms with Crippen molar-refractivity contribution in [1.29, 1.82) is 0 Å². The van der Waals surface area contributed by atoms with E-state index in [0.29, 0.717) is 0 Å². The van der Waals surface area contributed by atoms with Crippen LogP contribution in [0.3, 0.4) is 0 Å². The number of hydrogen-bond acceptors (Lipinski definition) is 0. The van der Waals surface area contributed by atoms with Crippen molar-refractivity contribution >= 4 is 11.4 Å². The molecule has 0 saturated heterocycles. The molecule has 0 aromatic heterocycles. The molecule has 1 heterocycles. The van der Waals surface area contributed by atoms with Crippen molar-refractivity contribution < 1.29 is 19.1 Å². The predicted octanol–water partition coefficient (Wildman–Crippen LogP) is 17.1. The Hall–Kier alpha value is -2.25. The molecule has 1 aliphatic heterocycles. The van der Waals surface area contributed by atoms with Crippen LogP contribution in [0.15, 0.2) is 71.8 Å². The average Bonchev–Trinajstić information content (AvgIpc) is 3.45. The summed E-state index contributed by atoms with van der Waals surface area (Å²) in [7, 11) is 0. The summed E-state index contributed by atoms with van der Waals surface area (Å²) in [6.07, 6.45) is 38.5. The SMILES string of the molecule is CCCCCCCCCCCCCCCCCCC=CC1=C(c2ccc(CCCC)cc2)[N+](=[N-])C(c2ccc(CCCC)cc2)=C1CCCC.[CH3][Ni][CH3]. The second-order valence-electron chi connectivity index (χ2n) is 15.4. The van der Waals surface area contributed by atoms with Gasteiger partial charge >= 0.3 is 26.2 Å². The van der Waals surface area contributed by atoms with Crippen molar-refractivity contribution in [2.75, 3.05) is 0 Å². The van der Waals surface area contributed by atoms with Crippen LogP contribution >= 0.6 is 0 Å². The normalized spacial score (nSPS) is 13.1. The second-order valence-corrected chi connectivity index (χ2v) is 16.4. The summed E-state index contributed by atoms with van der Waals surface area (Å²) in [6.45, 7) is 9.07. The van der Waals surface area contributed by atoms with Crippen LogP contribution in [0.25, 0.3) is 16.9 Å². The van der Waals surface area contributed by atoms with E-state index in [1.54, 1.807) is 14.4 Å². The number of nitrogens with zero attached hydrogens (tertiary/aromatic N) is 2. The van der Waals surface area contributed by atoms with E-state index in [-0.39, 0.29) is 0 Å². The third-order valence-electron chi connectivity index (χ3n) is 10.7. The number of benzene rings is 2. The molecule has 0 unspecified atom stereocenters. The Morgan fingerprint density at radius 3 is 1.25 bits per heavy atom. The zero-order chi connectivity index (χ0) is 38.4. The van der Waals surface area contributed by atoms with Crippen molar-refractivity contribution in [2.24, 2.45) is 0 Å². The van der Waals surface area contributed by atoms with E-state index in [2.05, 4.69) is 100 Å². The van der Waals surface area contributed by atoms with E-state index < -0.39 is 0 Å². The van der Waals surface area contributed by atoms with Crippen molar-refractivity contribution in [3.8, 4) is 0 Å². The molecule has 0 aliphatic carbocycles. The average molecular weight is 768 g/mol. The molecule has 0 amide bonds. The zero-order valence-electron chi connectivity index (χ0n) is 35.4. The molecule has 0 fully saturated rings. The van der Waals surface area contributed by atoms with Gasteiger partial charge in [-0.1, -0.05) is 180 Å². The van der Waals surface area contributed by atoms with E-state index in [4.69, 9.17) is 0 Å². The van der Waals surface area contributed by atoms with Gasteiger partial charge in [0.2, 0.25) is 11.4 Å². The Labute approximate surface area is 335 Å². The van der Waals surface area contributed by atoms with Crippen LogP contribution in [0.4, 0.5) is 0 Å². The molecule has 3 heteroatoms. The molecule has 53 heavy (non-hydrogen) atoms.